The zero-order chi connectivity index (χ0) is 38.7. The number of ether oxygens (including phenoxy) is 2. The Bertz CT molecular complexity index is 1530. The molecule has 0 bridgehead atoms. The highest BCUT2D eigenvalue weighted by molar-refractivity contribution is 5.80. The maximum Gasteiger partial charge on any atom is 0.225 e. The summed E-state index contributed by atoms with van der Waals surface area (Å²) in [6, 6.07) is 15.8. The fourth-order valence-electron chi connectivity index (χ4n) is 10.3. The number of rotatable bonds is 11. The number of methoxy groups -OCH3 is 2. The Morgan fingerprint density at radius 3 is 1.56 bits per heavy atom. The summed E-state index contributed by atoms with van der Waals surface area (Å²) in [7, 11) is 3.51. The molecule has 0 saturated carbocycles. The molecule has 7 rings (SSSR count). The third-order valence-corrected chi connectivity index (χ3v) is 13.4. The Hall–Kier alpha value is -3.14. The van der Waals surface area contributed by atoms with Crippen LogP contribution >= 0.6 is 0 Å². The number of fused-ring (bicyclic) bond motifs is 2. The van der Waals surface area contributed by atoms with Crippen molar-refractivity contribution in [1.82, 2.24) is 24.9 Å². The van der Waals surface area contributed by atoms with Gasteiger partial charge in [0.1, 0.15) is 11.5 Å². The van der Waals surface area contributed by atoms with Crippen molar-refractivity contribution < 1.29 is 19.1 Å². The summed E-state index contributed by atoms with van der Waals surface area (Å²) in [5.74, 6) is 2.49. The average Bonchev–Trinajstić information content (AvgIpc) is 3.24. The molecule has 2 aromatic carbocycles. The molecule has 0 aromatic heterocycles. The average molecular weight is 758 g/mol. The number of hydrogen-bond acceptors (Lipinski definition) is 7. The van der Waals surface area contributed by atoms with Crippen LogP contribution in [0, 0.1) is 5.92 Å². The predicted molar refractivity (Wildman–Crippen MR) is 222 cm³/mol. The largest absolute Gasteiger partial charge is 0.497 e. The number of aryl methyl sites for hydroxylation is 2. The van der Waals surface area contributed by atoms with Crippen LogP contribution < -0.4 is 14.8 Å². The van der Waals surface area contributed by atoms with Crippen LogP contribution in [0.2, 0.25) is 0 Å². The molecule has 3 aliphatic heterocycles. The van der Waals surface area contributed by atoms with E-state index >= 15 is 0 Å². The van der Waals surface area contributed by atoms with Gasteiger partial charge < -0.3 is 24.6 Å². The predicted octanol–water partition coefficient (Wildman–Crippen LogP) is 6.53. The Labute approximate surface area is 332 Å². The van der Waals surface area contributed by atoms with E-state index in [1.54, 1.807) is 21.1 Å². The minimum absolute atomic E-state index is 0.0914. The molecule has 0 spiro atoms. The number of amides is 2. The molecule has 2 atom stereocenters. The van der Waals surface area contributed by atoms with Crippen LogP contribution in [0.4, 0.5) is 0 Å². The van der Waals surface area contributed by atoms with Gasteiger partial charge in [-0.2, -0.15) is 0 Å². The topological polar surface area (TPSA) is 77.6 Å². The Balaban J connectivity index is 0.000000203. The lowest BCUT2D eigenvalue weighted by Gasteiger charge is -2.44. The number of carbonyl (C=O) groups excluding carboxylic acids is 2. The van der Waals surface area contributed by atoms with Crippen molar-refractivity contribution in [2.45, 2.75) is 135 Å². The number of carbonyl (C=O) groups is 2. The first-order chi connectivity index (χ1) is 26.8. The molecule has 9 nitrogen and oxygen atoms in total. The normalized spacial score (nSPS) is 22.5. The first kappa shape index (κ1) is 41.5. The summed E-state index contributed by atoms with van der Waals surface area (Å²) in [4.78, 5) is 34.3. The summed E-state index contributed by atoms with van der Waals surface area (Å²) in [6.45, 7) is 14.1. The standard InChI is InChI=1S/C27H41N3O3.C19H30N2O/c1-4-13-30(25-7-5-21-6-8-26(33-3)19-23(21)18-25)24-11-16-29(17-12-24)27(32)22-9-14-28(15-10-22)20(2)31;1-3-12-21(17-8-10-20-11-9-17)18-6-4-15-5-7-19(22-2)14-16(15)13-18/h6,8,19,22,24-25H,4-5,7,9-18H2,1-3H3;5,7,14,17-18,20H,3-4,6,8-13H2,1-2H3. The molecule has 5 aliphatic rings. The summed E-state index contributed by atoms with van der Waals surface area (Å²) >= 11 is 0. The SMILES string of the molecule is CCCN(C1CCN(C(=O)C2CCN(C(C)=O)CC2)CC1)C1CCc2ccc(OC)cc2C1.CCCN(C1CCNCC1)C1CCc2ccc(OC)cc2C1. The number of nitrogens with zero attached hydrogens (tertiary/aromatic N) is 4. The maximum absolute atomic E-state index is 13.1. The van der Waals surface area contributed by atoms with E-state index in [1.165, 1.54) is 86.8 Å². The molecule has 0 radical (unpaired) electrons. The quantitative estimate of drug-likeness (QED) is 0.280. The van der Waals surface area contributed by atoms with E-state index in [4.69, 9.17) is 9.47 Å². The van der Waals surface area contributed by atoms with Crippen LogP contribution in [-0.2, 0) is 35.3 Å². The second kappa shape index (κ2) is 20.3. The second-order valence-corrected chi connectivity index (χ2v) is 16.9. The molecule has 2 aromatic rings. The van der Waals surface area contributed by atoms with Crippen LogP contribution in [0.5, 0.6) is 11.5 Å². The molecule has 55 heavy (non-hydrogen) atoms. The van der Waals surface area contributed by atoms with Crippen molar-refractivity contribution in [1.29, 1.82) is 0 Å². The van der Waals surface area contributed by atoms with E-state index in [0.29, 0.717) is 24.0 Å². The molecule has 2 aliphatic carbocycles. The summed E-state index contributed by atoms with van der Waals surface area (Å²) in [5.41, 5.74) is 5.94. The van der Waals surface area contributed by atoms with Crippen molar-refractivity contribution in [2.24, 2.45) is 5.92 Å². The lowest BCUT2D eigenvalue weighted by Crippen LogP contribution is -2.53. The van der Waals surface area contributed by atoms with Gasteiger partial charge in [-0.1, -0.05) is 26.0 Å². The molecule has 2 unspecified atom stereocenters. The molecule has 2 amide bonds. The van der Waals surface area contributed by atoms with Crippen molar-refractivity contribution in [2.75, 3.05) is 66.6 Å². The summed E-state index contributed by atoms with van der Waals surface area (Å²) in [5, 5.41) is 3.50. The van der Waals surface area contributed by atoms with E-state index in [2.05, 4.69) is 70.3 Å². The van der Waals surface area contributed by atoms with Crippen LogP contribution in [0.15, 0.2) is 36.4 Å². The minimum Gasteiger partial charge on any atom is -0.497 e. The fraction of sp³-hybridized carbons (Fsp3) is 0.696. The van der Waals surface area contributed by atoms with Crippen LogP contribution in [0.25, 0.3) is 0 Å². The number of benzene rings is 2. The van der Waals surface area contributed by atoms with Gasteiger partial charge in [-0.25, -0.2) is 0 Å². The van der Waals surface area contributed by atoms with E-state index in [-0.39, 0.29) is 11.8 Å². The second-order valence-electron chi connectivity index (χ2n) is 16.9. The number of piperidine rings is 3. The fourth-order valence-corrected chi connectivity index (χ4v) is 10.3. The van der Waals surface area contributed by atoms with Gasteiger partial charge in [0.2, 0.25) is 11.8 Å². The van der Waals surface area contributed by atoms with E-state index < -0.39 is 0 Å². The van der Waals surface area contributed by atoms with Gasteiger partial charge in [0, 0.05) is 63.2 Å². The molecular formula is C46H71N5O4. The molecule has 3 fully saturated rings. The zero-order valence-corrected chi connectivity index (χ0v) is 34.8. The zero-order valence-electron chi connectivity index (χ0n) is 34.8. The number of nitrogens with one attached hydrogen (secondary N) is 1. The first-order valence-corrected chi connectivity index (χ1v) is 21.9. The molecular weight excluding hydrogens is 687 g/mol. The van der Waals surface area contributed by atoms with Crippen molar-refractivity contribution >= 4 is 11.8 Å². The minimum atomic E-state index is 0.0914. The highest BCUT2D eigenvalue weighted by Crippen LogP contribution is 2.33. The van der Waals surface area contributed by atoms with Gasteiger partial charge in [-0.15, -0.1) is 0 Å². The monoisotopic (exact) mass is 758 g/mol. The van der Waals surface area contributed by atoms with Crippen molar-refractivity contribution in [3.63, 3.8) is 0 Å². The van der Waals surface area contributed by atoms with Crippen LogP contribution in [0.1, 0.15) is 107 Å². The first-order valence-electron chi connectivity index (χ1n) is 21.9. The van der Waals surface area contributed by atoms with Gasteiger partial charge in [0.15, 0.2) is 0 Å². The lowest BCUT2D eigenvalue weighted by atomic mass is 9.85. The van der Waals surface area contributed by atoms with Crippen LogP contribution in [-0.4, -0.2) is 122 Å². The van der Waals surface area contributed by atoms with Gasteiger partial charge >= 0.3 is 0 Å². The van der Waals surface area contributed by atoms with E-state index in [0.717, 1.165) is 95.2 Å². The van der Waals surface area contributed by atoms with Crippen molar-refractivity contribution in [3.8, 4) is 11.5 Å². The van der Waals surface area contributed by atoms with Gasteiger partial charge in [-0.05, 0) is 163 Å². The van der Waals surface area contributed by atoms with Gasteiger partial charge in [0.05, 0.1) is 14.2 Å². The number of hydrogen-bond donors (Lipinski definition) is 1. The molecule has 304 valence electrons. The third-order valence-electron chi connectivity index (χ3n) is 13.4. The molecule has 3 saturated heterocycles. The van der Waals surface area contributed by atoms with Crippen molar-refractivity contribution in [3.05, 3.63) is 58.7 Å². The summed E-state index contributed by atoms with van der Waals surface area (Å²) < 4.78 is 10.9. The third kappa shape index (κ3) is 10.6. The Morgan fingerprint density at radius 1 is 0.636 bits per heavy atom. The highest BCUT2D eigenvalue weighted by Gasteiger charge is 2.35. The van der Waals surface area contributed by atoms with E-state index in [9.17, 15) is 9.59 Å². The Morgan fingerprint density at radius 2 is 1.11 bits per heavy atom. The highest BCUT2D eigenvalue weighted by atomic mass is 16.5. The van der Waals surface area contributed by atoms with E-state index in [1.807, 2.05) is 4.90 Å². The summed E-state index contributed by atoms with van der Waals surface area (Å²) in [6.07, 6.45) is 16.0. The lowest BCUT2D eigenvalue weighted by molar-refractivity contribution is -0.141. The Kier molecular flexibility index (Phi) is 15.3. The van der Waals surface area contributed by atoms with Crippen LogP contribution in [0.3, 0.4) is 0 Å². The molecule has 9 heteroatoms. The molecule has 1 N–H and O–H groups in total. The maximum atomic E-state index is 13.1. The van der Waals surface area contributed by atoms with Gasteiger partial charge in [-0.3, -0.25) is 19.4 Å². The number of likely N-dealkylation sites (tertiary alicyclic amines) is 2. The smallest absolute Gasteiger partial charge is 0.225 e. The molecule has 3 heterocycles. The van der Waals surface area contributed by atoms with Gasteiger partial charge in [0.25, 0.3) is 0 Å².